The fourth-order valence-electron chi connectivity index (χ4n) is 3.94. The third-order valence-corrected chi connectivity index (χ3v) is 5.56. The van der Waals surface area contributed by atoms with Gasteiger partial charge >= 0.3 is 0 Å². The molecule has 24 heavy (non-hydrogen) atoms. The van der Waals surface area contributed by atoms with E-state index in [1.807, 2.05) is 0 Å². The zero-order valence-corrected chi connectivity index (χ0v) is 13.1. The molecule has 0 radical (unpaired) electrons. The van der Waals surface area contributed by atoms with E-state index < -0.39 is 11.6 Å². The predicted octanol–water partition coefficient (Wildman–Crippen LogP) is 3.09. The van der Waals surface area contributed by atoms with Gasteiger partial charge in [0, 0.05) is 23.6 Å². The molecule has 2 fully saturated rings. The SMILES string of the molecule is O=C(NC1CCC1)c1nn(-c2ccc(F)cc2F)c2c1C[C@H]1C[C@@H]21. The van der Waals surface area contributed by atoms with Gasteiger partial charge in [0.25, 0.3) is 5.91 Å². The number of carbonyl (C=O) groups excluding carboxylic acids is 1. The number of nitrogens with one attached hydrogen (secondary N) is 1. The minimum absolute atomic E-state index is 0.168. The van der Waals surface area contributed by atoms with Gasteiger partial charge in [0.05, 0.1) is 5.69 Å². The molecule has 1 N–H and O–H groups in total. The van der Waals surface area contributed by atoms with Crippen LogP contribution in [0.3, 0.4) is 0 Å². The molecule has 2 saturated carbocycles. The van der Waals surface area contributed by atoms with Crippen molar-refractivity contribution in [3.05, 3.63) is 46.8 Å². The maximum atomic E-state index is 14.2. The Kier molecular flexibility index (Phi) is 2.87. The molecular formula is C18H17F2N3O. The first kappa shape index (κ1) is 14.1. The van der Waals surface area contributed by atoms with E-state index in [0.29, 0.717) is 17.5 Å². The second-order valence-electron chi connectivity index (χ2n) is 7.13. The van der Waals surface area contributed by atoms with Crippen LogP contribution in [-0.2, 0) is 6.42 Å². The number of rotatable bonds is 3. The van der Waals surface area contributed by atoms with Crippen molar-refractivity contribution < 1.29 is 13.6 Å². The zero-order chi connectivity index (χ0) is 16.4. The highest BCUT2D eigenvalue weighted by molar-refractivity contribution is 5.94. The highest BCUT2D eigenvalue weighted by Crippen LogP contribution is 2.57. The molecule has 2 aromatic rings. The Hall–Kier alpha value is -2.24. The van der Waals surface area contributed by atoms with Crippen molar-refractivity contribution in [2.24, 2.45) is 5.92 Å². The Labute approximate surface area is 137 Å². The lowest BCUT2D eigenvalue weighted by Gasteiger charge is -2.26. The minimum atomic E-state index is -0.657. The molecule has 124 valence electrons. The first-order valence-corrected chi connectivity index (χ1v) is 8.50. The van der Waals surface area contributed by atoms with Crippen LogP contribution in [0, 0.1) is 17.6 Å². The van der Waals surface area contributed by atoms with Gasteiger partial charge in [-0.15, -0.1) is 0 Å². The van der Waals surface area contributed by atoms with E-state index in [0.717, 1.165) is 49.4 Å². The first-order chi connectivity index (χ1) is 11.6. The van der Waals surface area contributed by atoms with Gasteiger partial charge < -0.3 is 5.32 Å². The van der Waals surface area contributed by atoms with Crippen LogP contribution < -0.4 is 5.32 Å². The van der Waals surface area contributed by atoms with Crippen LogP contribution in [0.25, 0.3) is 5.69 Å². The molecule has 4 nitrogen and oxygen atoms in total. The number of carbonyl (C=O) groups is 1. The molecule has 3 aliphatic rings. The van der Waals surface area contributed by atoms with Crippen LogP contribution in [-0.4, -0.2) is 21.7 Å². The highest BCUT2D eigenvalue weighted by Gasteiger charge is 2.50. The first-order valence-electron chi connectivity index (χ1n) is 8.50. The summed E-state index contributed by atoms with van der Waals surface area (Å²) in [5.41, 5.74) is 2.50. The van der Waals surface area contributed by atoms with Crippen LogP contribution in [0.15, 0.2) is 18.2 Å². The fraction of sp³-hybridized carbons (Fsp3) is 0.444. The average Bonchev–Trinajstić information content (AvgIpc) is 3.00. The standard InChI is InChI=1S/C18H17F2N3O/c19-10-4-5-15(14(20)8-10)23-17-12-6-9(12)7-13(17)16(22-23)18(24)21-11-2-1-3-11/h4-5,8-9,11-12H,1-3,6-7H2,(H,21,24)/t9-,12-/m1/s1. The second kappa shape index (κ2) is 4.88. The second-order valence-corrected chi connectivity index (χ2v) is 7.13. The summed E-state index contributed by atoms with van der Waals surface area (Å²) < 4.78 is 29.0. The van der Waals surface area contributed by atoms with Crippen molar-refractivity contribution in [2.45, 2.75) is 44.1 Å². The van der Waals surface area contributed by atoms with E-state index >= 15 is 0 Å². The summed E-state index contributed by atoms with van der Waals surface area (Å²) in [6, 6.07) is 3.70. The van der Waals surface area contributed by atoms with Gasteiger partial charge in [-0.2, -0.15) is 5.10 Å². The lowest BCUT2D eigenvalue weighted by atomic mass is 9.93. The maximum absolute atomic E-state index is 14.2. The highest BCUT2D eigenvalue weighted by atomic mass is 19.1. The van der Waals surface area contributed by atoms with Crippen molar-refractivity contribution in [2.75, 3.05) is 0 Å². The zero-order valence-electron chi connectivity index (χ0n) is 13.1. The molecule has 0 unspecified atom stereocenters. The molecule has 0 spiro atoms. The average molecular weight is 329 g/mol. The number of benzene rings is 1. The van der Waals surface area contributed by atoms with Gasteiger partial charge in [-0.05, 0) is 50.2 Å². The van der Waals surface area contributed by atoms with Crippen LogP contribution in [0.1, 0.15) is 53.3 Å². The van der Waals surface area contributed by atoms with Gasteiger partial charge in [-0.1, -0.05) is 0 Å². The summed E-state index contributed by atoms with van der Waals surface area (Å²) in [4.78, 5) is 12.6. The van der Waals surface area contributed by atoms with E-state index in [1.54, 1.807) is 0 Å². The van der Waals surface area contributed by atoms with Crippen LogP contribution >= 0.6 is 0 Å². The van der Waals surface area contributed by atoms with Crippen molar-refractivity contribution in [3.8, 4) is 5.69 Å². The van der Waals surface area contributed by atoms with Gasteiger partial charge in [-0.3, -0.25) is 4.79 Å². The van der Waals surface area contributed by atoms with Crippen LogP contribution in [0.2, 0.25) is 0 Å². The number of fused-ring (bicyclic) bond motifs is 3. The monoisotopic (exact) mass is 329 g/mol. The van der Waals surface area contributed by atoms with E-state index in [2.05, 4.69) is 10.4 Å². The molecule has 1 aromatic heterocycles. The van der Waals surface area contributed by atoms with E-state index in [9.17, 15) is 13.6 Å². The molecule has 5 rings (SSSR count). The lowest BCUT2D eigenvalue weighted by molar-refractivity contribution is 0.0910. The van der Waals surface area contributed by atoms with Gasteiger partial charge in [0.1, 0.15) is 11.5 Å². The number of amides is 1. The Morgan fingerprint density at radius 3 is 2.83 bits per heavy atom. The summed E-state index contributed by atoms with van der Waals surface area (Å²) in [5.74, 6) is -0.550. The molecule has 6 heteroatoms. The number of nitrogens with zero attached hydrogens (tertiary/aromatic N) is 2. The largest absolute Gasteiger partial charge is 0.348 e. The predicted molar refractivity (Wildman–Crippen MR) is 83.1 cm³/mol. The number of hydrogen-bond acceptors (Lipinski definition) is 2. The molecule has 1 heterocycles. The molecule has 0 bridgehead atoms. The van der Waals surface area contributed by atoms with Crippen molar-refractivity contribution in [1.82, 2.24) is 15.1 Å². The van der Waals surface area contributed by atoms with Gasteiger partial charge in [0.15, 0.2) is 11.5 Å². The quantitative estimate of drug-likeness (QED) is 0.941. The number of halogens is 2. The Morgan fingerprint density at radius 2 is 2.12 bits per heavy atom. The molecule has 2 atom stereocenters. The van der Waals surface area contributed by atoms with Crippen molar-refractivity contribution in [3.63, 3.8) is 0 Å². The summed E-state index contributed by atoms with van der Waals surface area (Å²) in [5, 5.41) is 7.44. The summed E-state index contributed by atoms with van der Waals surface area (Å²) in [6.45, 7) is 0. The summed E-state index contributed by atoms with van der Waals surface area (Å²) in [6.07, 6.45) is 5.04. The van der Waals surface area contributed by atoms with Gasteiger partial charge in [0.2, 0.25) is 0 Å². The van der Waals surface area contributed by atoms with Crippen molar-refractivity contribution in [1.29, 1.82) is 0 Å². The third-order valence-electron chi connectivity index (χ3n) is 5.56. The molecule has 1 amide bonds. The normalized spacial score (nSPS) is 24.2. The molecule has 1 aromatic carbocycles. The van der Waals surface area contributed by atoms with Gasteiger partial charge in [-0.25, -0.2) is 13.5 Å². The third kappa shape index (κ3) is 2.01. The van der Waals surface area contributed by atoms with Crippen LogP contribution in [0.4, 0.5) is 8.78 Å². The Balaban J connectivity index is 1.58. The number of hydrogen-bond donors (Lipinski definition) is 1. The minimum Gasteiger partial charge on any atom is -0.348 e. The van der Waals surface area contributed by atoms with E-state index in [-0.39, 0.29) is 17.6 Å². The molecule has 0 saturated heterocycles. The molecule has 0 aliphatic heterocycles. The maximum Gasteiger partial charge on any atom is 0.272 e. The van der Waals surface area contributed by atoms with Crippen LogP contribution in [0.5, 0.6) is 0 Å². The van der Waals surface area contributed by atoms with E-state index in [4.69, 9.17) is 0 Å². The fourth-order valence-corrected chi connectivity index (χ4v) is 3.94. The molecule has 3 aliphatic carbocycles. The van der Waals surface area contributed by atoms with E-state index in [1.165, 1.54) is 16.8 Å². The summed E-state index contributed by atoms with van der Waals surface area (Å²) >= 11 is 0. The smallest absolute Gasteiger partial charge is 0.272 e. The Morgan fingerprint density at radius 1 is 1.29 bits per heavy atom. The topological polar surface area (TPSA) is 46.9 Å². The number of aromatic nitrogens is 2. The van der Waals surface area contributed by atoms with Crippen molar-refractivity contribution >= 4 is 5.91 Å². The molecular weight excluding hydrogens is 312 g/mol. The lowest BCUT2D eigenvalue weighted by Crippen LogP contribution is -2.40. The summed E-state index contributed by atoms with van der Waals surface area (Å²) in [7, 11) is 0. The Bertz CT molecular complexity index is 856.